The molecule has 0 radical (unpaired) electrons. The molecule has 0 spiro atoms. The first-order chi connectivity index (χ1) is 22.1. The van der Waals surface area contributed by atoms with Gasteiger partial charge in [-0.2, -0.15) is 0 Å². The average Bonchev–Trinajstić information content (AvgIpc) is 3.62. The minimum Gasteiger partial charge on any atom is -0.321 e. The maximum Gasteiger partial charge on any atom is 0.254 e. The van der Waals surface area contributed by atoms with E-state index in [0.29, 0.717) is 11.6 Å². The minimum absolute atomic E-state index is 0.0611. The number of fused-ring (bicyclic) bond motifs is 2. The van der Waals surface area contributed by atoms with Crippen LogP contribution in [0.3, 0.4) is 0 Å². The Bertz CT molecular complexity index is 1370. The lowest BCUT2D eigenvalue weighted by Gasteiger charge is -2.09. The molecule has 0 saturated heterocycles. The van der Waals surface area contributed by atoms with Crippen LogP contribution in [-0.2, 0) is 13.1 Å². The lowest BCUT2D eigenvalue weighted by atomic mass is 10.1. The Hall–Kier alpha value is -2.58. The summed E-state index contributed by atoms with van der Waals surface area (Å²) in [6, 6.07) is 16.2. The van der Waals surface area contributed by atoms with Crippen LogP contribution in [0.25, 0.3) is 22.1 Å². The topological polar surface area (TPSA) is 69.8 Å². The molecular weight excluding hydrogens is 597 g/mol. The number of unbranched alkanes of at least 4 members (excludes halogenated alkanes) is 12. The molecule has 6 nitrogen and oxygen atoms in total. The van der Waals surface area contributed by atoms with Crippen LogP contribution in [0.4, 0.5) is 0 Å². The highest BCUT2D eigenvalue weighted by molar-refractivity contribution is 8.14. The molecule has 0 aliphatic carbocycles. The van der Waals surface area contributed by atoms with Crippen molar-refractivity contribution in [3.05, 3.63) is 60.2 Å². The number of carbonyl (C=O) groups excluding carboxylic acids is 2. The van der Waals surface area contributed by atoms with Gasteiger partial charge in [0.05, 0.1) is 22.1 Å². The Labute approximate surface area is 278 Å². The van der Waals surface area contributed by atoms with Gasteiger partial charge in [0.1, 0.15) is 0 Å². The summed E-state index contributed by atoms with van der Waals surface area (Å²) in [6.07, 6.45) is 17.6. The largest absolute Gasteiger partial charge is 0.321 e. The van der Waals surface area contributed by atoms with Gasteiger partial charge in [0.25, 0.3) is 10.2 Å². The number of carbonyl (C=O) groups is 2. The van der Waals surface area contributed by atoms with E-state index in [1.807, 2.05) is 36.4 Å². The minimum atomic E-state index is 0.0611. The van der Waals surface area contributed by atoms with Crippen LogP contribution in [0.5, 0.6) is 0 Å². The molecule has 4 rings (SSSR count). The summed E-state index contributed by atoms with van der Waals surface area (Å²) in [5, 5.41) is 0.122. The van der Waals surface area contributed by atoms with Crippen molar-refractivity contribution in [3.8, 4) is 0 Å². The van der Waals surface area contributed by atoms with E-state index < -0.39 is 0 Å². The highest BCUT2D eigenvalue weighted by atomic mass is 32.2. The number of benzene rings is 2. The molecule has 8 heteroatoms. The van der Waals surface area contributed by atoms with E-state index in [2.05, 4.69) is 35.1 Å². The van der Waals surface area contributed by atoms with Crippen molar-refractivity contribution in [1.82, 2.24) is 19.1 Å². The van der Waals surface area contributed by atoms with E-state index in [4.69, 9.17) is 9.97 Å². The third kappa shape index (κ3) is 10.7. The highest BCUT2D eigenvalue weighted by Gasteiger charge is 2.19. The summed E-state index contributed by atoms with van der Waals surface area (Å²) in [7, 11) is 0. The normalized spacial score (nSPS) is 11.6. The lowest BCUT2D eigenvalue weighted by molar-refractivity contribution is 0.106. The molecule has 0 aliphatic heterocycles. The molecule has 0 aliphatic rings. The van der Waals surface area contributed by atoms with Gasteiger partial charge in [0.2, 0.25) is 0 Å². The molecule has 4 aromatic rings. The lowest BCUT2D eigenvalue weighted by Crippen LogP contribution is -2.09. The molecular formula is C37H52N4O2S2. The van der Waals surface area contributed by atoms with Gasteiger partial charge in [0, 0.05) is 24.6 Å². The zero-order valence-corrected chi connectivity index (χ0v) is 29.1. The number of rotatable bonds is 22. The second-order valence-corrected chi connectivity index (χ2v) is 14.2. The predicted octanol–water partition coefficient (Wildman–Crippen LogP) is 10.7. The van der Waals surface area contributed by atoms with Gasteiger partial charge in [-0.25, -0.2) is 9.97 Å². The number of para-hydroxylation sites is 4. The predicted molar refractivity (Wildman–Crippen MR) is 194 cm³/mol. The zero-order valence-electron chi connectivity index (χ0n) is 27.5. The fourth-order valence-electron chi connectivity index (χ4n) is 5.86. The van der Waals surface area contributed by atoms with E-state index >= 15 is 0 Å². The molecule has 0 atom stereocenters. The number of aromatic nitrogens is 4. The van der Waals surface area contributed by atoms with Gasteiger partial charge in [0.15, 0.2) is 11.6 Å². The Kier molecular flexibility index (Phi) is 15.5. The van der Waals surface area contributed by atoms with E-state index in [-0.39, 0.29) is 10.2 Å². The van der Waals surface area contributed by atoms with Crippen LogP contribution in [0.1, 0.15) is 131 Å². The Morgan fingerprint density at radius 2 is 0.911 bits per heavy atom. The molecule has 2 aromatic heterocycles. The van der Waals surface area contributed by atoms with Gasteiger partial charge >= 0.3 is 0 Å². The number of nitrogens with zero attached hydrogens (tertiary/aromatic N) is 4. The van der Waals surface area contributed by atoms with Crippen molar-refractivity contribution < 1.29 is 9.59 Å². The maximum atomic E-state index is 13.2. The van der Waals surface area contributed by atoms with Crippen LogP contribution in [0.15, 0.2) is 48.5 Å². The molecule has 45 heavy (non-hydrogen) atoms. The number of imidazole rings is 2. The van der Waals surface area contributed by atoms with Crippen LogP contribution < -0.4 is 0 Å². The number of hydrogen-bond acceptors (Lipinski definition) is 6. The summed E-state index contributed by atoms with van der Waals surface area (Å²) >= 11 is 2.76. The van der Waals surface area contributed by atoms with Gasteiger partial charge in [-0.3, -0.25) is 9.59 Å². The number of hydrogen-bond donors (Lipinski definition) is 0. The quantitative estimate of drug-likeness (QED) is 0.0790. The SMILES string of the molecule is CCCCCCCCn1c(C(=O)SCCCCCSC(=O)c2nc3ccccc3n2CCCCCCCC)nc2ccccc21. The van der Waals surface area contributed by atoms with Gasteiger partial charge in [-0.1, -0.05) is 132 Å². The first-order valence-corrected chi connectivity index (χ1v) is 19.4. The molecule has 0 fully saturated rings. The van der Waals surface area contributed by atoms with Crippen molar-refractivity contribution >= 4 is 55.8 Å². The van der Waals surface area contributed by atoms with Crippen LogP contribution in [-0.4, -0.2) is 40.8 Å². The molecule has 0 saturated carbocycles. The second kappa shape index (κ2) is 19.8. The summed E-state index contributed by atoms with van der Waals surface area (Å²) in [4.78, 5) is 35.9. The van der Waals surface area contributed by atoms with Crippen molar-refractivity contribution in [3.63, 3.8) is 0 Å². The summed E-state index contributed by atoms with van der Waals surface area (Å²) in [5.74, 6) is 2.71. The standard InChI is InChI=1S/C37H52N4O2S2/c1-3-5-7-9-11-18-26-40-32-24-16-14-22-30(32)38-34(40)36(42)44-28-20-13-21-29-45-37(43)35-39-31-23-15-17-25-33(31)41(35)27-19-12-10-8-6-4-2/h14-17,22-25H,3-13,18-21,26-29H2,1-2H3. The van der Waals surface area contributed by atoms with Crippen molar-refractivity contribution in [2.45, 2.75) is 123 Å². The van der Waals surface area contributed by atoms with E-state index in [1.54, 1.807) is 0 Å². The molecule has 2 aromatic carbocycles. The Morgan fingerprint density at radius 3 is 1.36 bits per heavy atom. The van der Waals surface area contributed by atoms with E-state index in [9.17, 15) is 9.59 Å². The van der Waals surface area contributed by atoms with Gasteiger partial charge in [-0.05, 0) is 49.9 Å². The molecule has 0 unspecified atom stereocenters. The maximum absolute atomic E-state index is 13.2. The first kappa shape index (κ1) is 35.3. The summed E-state index contributed by atoms with van der Waals surface area (Å²) in [6.45, 7) is 6.16. The smallest absolute Gasteiger partial charge is 0.254 e. The van der Waals surface area contributed by atoms with Crippen molar-refractivity contribution in [1.29, 1.82) is 0 Å². The molecule has 0 N–H and O–H groups in total. The average molecular weight is 649 g/mol. The first-order valence-electron chi connectivity index (χ1n) is 17.4. The summed E-state index contributed by atoms with van der Waals surface area (Å²) < 4.78 is 4.26. The van der Waals surface area contributed by atoms with Crippen molar-refractivity contribution in [2.75, 3.05) is 11.5 Å². The summed E-state index contributed by atoms with van der Waals surface area (Å²) in [5.41, 5.74) is 3.90. The molecule has 244 valence electrons. The van der Waals surface area contributed by atoms with Crippen LogP contribution >= 0.6 is 23.5 Å². The third-order valence-electron chi connectivity index (χ3n) is 8.40. The van der Waals surface area contributed by atoms with Crippen molar-refractivity contribution in [2.24, 2.45) is 0 Å². The highest BCUT2D eigenvalue weighted by Crippen LogP contribution is 2.24. The Morgan fingerprint density at radius 1 is 0.533 bits per heavy atom. The van der Waals surface area contributed by atoms with E-state index in [0.717, 1.165) is 78.8 Å². The number of aryl methyl sites for hydroxylation is 2. The van der Waals surface area contributed by atoms with Crippen LogP contribution in [0.2, 0.25) is 0 Å². The monoisotopic (exact) mass is 648 g/mol. The Balaban J connectivity index is 1.20. The molecule has 0 bridgehead atoms. The van der Waals surface area contributed by atoms with Gasteiger partial charge in [-0.15, -0.1) is 0 Å². The third-order valence-corrected chi connectivity index (χ3v) is 10.3. The fourth-order valence-corrected chi connectivity index (χ4v) is 7.49. The zero-order chi connectivity index (χ0) is 31.7. The molecule has 0 amide bonds. The van der Waals surface area contributed by atoms with E-state index in [1.165, 1.54) is 87.7 Å². The number of thioether (sulfide) groups is 2. The fraction of sp³-hybridized carbons (Fsp3) is 0.568. The molecule has 2 heterocycles. The van der Waals surface area contributed by atoms with Gasteiger partial charge < -0.3 is 9.13 Å². The second-order valence-electron chi connectivity index (χ2n) is 12.0. The van der Waals surface area contributed by atoms with Crippen LogP contribution in [0, 0.1) is 0 Å².